The van der Waals surface area contributed by atoms with Crippen molar-refractivity contribution >= 4 is 22.7 Å². The molecule has 0 unspecified atom stereocenters. The van der Waals surface area contributed by atoms with E-state index in [4.69, 9.17) is 14.2 Å². The summed E-state index contributed by atoms with van der Waals surface area (Å²) in [5.41, 5.74) is 0. The fourth-order valence-corrected chi connectivity index (χ4v) is 1.81. The molecule has 1 heterocycles. The predicted octanol–water partition coefficient (Wildman–Crippen LogP) is 2.09. The van der Waals surface area contributed by atoms with Crippen molar-refractivity contribution in [2.75, 3.05) is 7.11 Å². The second-order valence-corrected chi connectivity index (χ2v) is 4.02. The number of hydrogen-bond donors (Lipinski definition) is 0. The molecular weight excluding hydrogens is 262 g/mol. The number of esters is 2. The lowest BCUT2D eigenvalue weighted by molar-refractivity contribution is -0.134. The van der Waals surface area contributed by atoms with E-state index in [9.17, 15) is 9.59 Å². The molecule has 0 saturated carbocycles. The van der Waals surface area contributed by atoms with Gasteiger partial charge in [-0.25, -0.2) is 0 Å². The third-order valence-corrected chi connectivity index (χ3v) is 2.52. The lowest BCUT2D eigenvalue weighted by atomic mass is 10.1. The van der Waals surface area contributed by atoms with Gasteiger partial charge in [0.05, 0.1) is 7.11 Å². The van der Waals surface area contributed by atoms with Gasteiger partial charge in [-0.2, -0.15) is 0 Å². The molecule has 0 spiro atoms. The molecule has 0 aliphatic heterocycles. The number of hydrogen-bond acceptors (Lipinski definition) is 6. The number of benzene rings is 1. The van der Waals surface area contributed by atoms with Gasteiger partial charge in [0.2, 0.25) is 5.75 Å². The highest BCUT2D eigenvalue weighted by molar-refractivity contribution is 5.95. The van der Waals surface area contributed by atoms with Gasteiger partial charge in [0.15, 0.2) is 11.5 Å². The first-order chi connectivity index (χ1) is 9.52. The fourth-order valence-electron chi connectivity index (χ4n) is 1.81. The summed E-state index contributed by atoms with van der Waals surface area (Å²) >= 11 is 0. The Morgan fingerprint density at radius 1 is 1.10 bits per heavy atom. The Morgan fingerprint density at radius 3 is 2.35 bits per heavy atom. The Labute approximate surface area is 115 Å². The molecule has 1 aromatic carbocycles. The Balaban J connectivity index is 2.76. The van der Waals surface area contributed by atoms with E-state index in [0.29, 0.717) is 10.8 Å². The quantitative estimate of drug-likeness (QED) is 0.630. The minimum absolute atomic E-state index is 0.0777. The second-order valence-electron chi connectivity index (χ2n) is 4.02. The van der Waals surface area contributed by atoms with Gasteiger partial charge in [-0.15, -0.1) is 0 Å². The van der Waals surface area contributed by atoms with E-state index in [0.717, 1.165) is 0 Å². The Morgan fingerprint density at radius 2 is 1.75 bits per heavy atom. The average Bonchev–Trinajstić information content (AvgIpc) is 2.40. The largest absolute Gasteiger partial charge is 0.493 e. The van der Waals surface area contributed by atoms with Crippen molar-refractivity contribution in [3.63, 3.8) is 0 Å². The molecule has 0 aliphatic carbocycles. The molecule has 1 aromatic heterocycles. The molecule has 104 valence electrons. The highest BCUT2D eigenvalue weighted by Gasteiger charge is 2.20. The normalized spacial score (nSPS) is 10.2. The number of aromatic nitrogens is 1. The van der Waals surface area contributed by atoms with Gasteiger partial charge >= 0.3 is 11.9 Å². The summed E-state index contributed by atoms with van der Waals surface area (Å²) in [6.45, 7) is 2.53. The van der Waals surface area contributed by atoms with Crippen molar-refractivity contribution in [2.24, 2.45) is 0 Å². The van der Waals surface area contributed by atoms with Crippen molar-refractivity contribution in [3.8, 4) is 17.2 Å². The first-order valence-corrected chi connectivity index (χ1v) is 5.84. The maximum Gasteiger partial charge on any atom is 0.308 e. The van der Waals surface area contributed by atoms with Gasteiger partial charge in [-0.05, 0) is 12.1 Å². The molecule has 0 radical (unpaired) electrons. The van der Waals surface area contributed by atoms with Crippen LogP contribution in [-0.4, -0.2) is 24.0 Å². The fraction of sp³-hybridized carbons (Fsp3) is 0.214. The zero-order chi connectivity index (χ0) is 14.7. The van der Waals surface area contributed by atoms with E-state index in [-0.39, 0.29) is 17.2 Å². The molecule has 0 saturated heterocycles. The number of ether oxygens (including phenoxy) is 3. The van der Waals surface area contributed by atoms with Crippen LogP contribution in [-0.2, 0) is 9.59 Å². The highest BCUT2D eigenvalue weighted by atomic mass is 16.6. The van der Waals surface area contributed by atoms with Crippen molar-refractivity contribution in [1.29, 1.82) is 0 Å². The smallest absolute Gasteiger partial charge is 0.308 e. The van der Waals surface area contributed by atoms with Crippen LogP contribution in [0.15, 0.2) is 24.5 Å². The molecule has 0 amide bonds. The Hall–Kier alpha value is -2.63. The zero-order valence-electron chi connectivity index (χ0n) is 11.3. The third kappa shape index (κ3) is 2.69. The van der Waals surface area contributed by atoms with Crippen LogP contribution in [0.5, 0.6) is 17.2 Å². The Bertz CT molecular complexity index is 681. The molecule has 6 nitrogen and oxygen atoms in total. The van der Waals surface area contributed by atoms with Crippen molar-refractivity contribution in [2.45, 2.75) is 13.8 Å². The van der Waals surface area contributed by atoms with E-state index in [1.807, 2.05) is 0 Å². The van der Waals surface area contributed by atoms with E-state index >= 15 is 0 Å². The molecule has 20 heavy (non-hydrogen) atoms. The van der Waals surface area contributed by atoms with Gasteiger partial charge in [0.1, 0.15) is 0 Å². The van der Waals surface area contributed by atoms with Crippen LogP contribution >= 0.6 is 0 Å². The Kier molecular flexibility index (Phi) is 3.84. The van der Waals surface area contributed by atoms with Crippen LogP contribution in [0.3, 0.4) is 0 Å². The van der Waals surface area contributed by atoms with Crippen LogP contribution in [0.1, 0.15) is 13.8 Å². The SMILES string of the molecule is COc1cc2cnccc2c(OC(C)=O)c1OC(C)=O. The summed E-state index contributed by atoms with van der Waals surface area (Å²) in [6.07, 6.45) is 3.15. The molecule has 0 fully saturated rings. The number of rotatable bonds is 3. The van der Waals surface area contributed by atoms with E-state index < -0.39 is 11.9 Å². The first kappa shape index (κ1) is 13.8. The number of nitrogens with zero attached hydrogens (tertiary/aromatic N) is 1. The maximum absolute atomic E-state index is 11.3. The molecule has 6 heteroatoms. The molecule has 0 aliphatic rings. The second kappa shape index (κ2) is 5.56. The van der Waals surface area contributed by atoms with Gasteiger partial charge in [-0.3, -0.25) is 14.6 Å². The van der Waals surface area contributed by atoms with Crippen LogP contribution in [0, 0.1) is 0 Å². The molecule has 0 atom stereocenters. The average molecular weight is 275 g/mol. The lowest BCUT2D eigenvalue weighted by Gasteiger charge is -2.14. The highest BCUT2D eigenvalue weighted by Crippen LogP contribution is 2.43. The van der Waals surface area contributed by atoms with E-state index in [1.165, 1.54) is 21.0 Å². The summed E-state index contributed by atoms with van der Waals surface area (Å²) in [4.78, 5) is 26.5. The first-order valence-electron chi connectivity index (χ1n) is 5.84. The van der Waals surface area contributed by atoms with Crippen LogP contribution in [0.2, 0.25) is 0 Å². The summed E-state index contributed by atoms with van der Waals surface area (Å²) in [5.74, 6) is -0.551. The van der Waals surface area contributed by atoms with Crippen LogP contribution < -0.4 is 14.2 Å². The summed E-state index contributed by atoms with van der Waals surface area (Å²) in [7, 11) is 1.43. The van der Waals surface area contributed by atoms with Crippen LogP contribution in [0.25, 0.3) is 10.8 Å². The number of fused-ring (bicyclic) bond motifs is 1. The number of carbonyl (C=O) groups excluding carboxylic acids is 2. The summed E-state index contributed by atoms with van der Waals surface area (Å²) in [6, 6.07) is 3.33. The van der Waals surface area contributed by atoms with Crippen molar-refractivity contribution < 1.29 is 23.8 Å². The van der Waals surface area contributed by atoms with Gasteiger partial charge < -0.3 is 14.2 Å². The topological polar surface area (TPSA) is 74.7 Å². The summed E-state index contributed by atoms with van der Waals surface area (Å²) < 4.78 is 15.5. The summed E-state index contributed by atoms with van der Waals surface area (Å²) in [5, 5.41) is 1.31. The predicted molar refractivity (Wildman–Crippen MR) is 70.9 cm³/mol. The van der Waals surface area contributed by atoms with Gasteiger partial charge in [0.25, 0.3) is 0 Å². The van der Waals surface area contributed by atoms with Crippen molar-refractivity contribution in [1.82, 2.24) is 4.98 Å². The molecular formula is C14H13NO5. The standard InChI is InChI=1S/C14H13NO5/c1-8(16)19-13-11-4-5-15-7-10(11)6-12(18-3)14(13)20-9(2)17/h4-7H,1-3H3. The molecule has 2 aromatic rings. The number of carbonyl (C=O) groups is 2. The zero-order valence-corrected chi connectivity index (χ0v) is 11.3. The monoisotopic (exact) mass is 275 g/mol. The number of methoxy groups -OCH3 is 1. The minimum atomic E-state index is -0.537. The van der Waals surface area contributed by atoms with E-state index in [1.54, 1.807) is 24.5 Å². The van der Waals surface area contributed by atoms with Crippen molar-refractivity contribution in [3.05, 3.63) is 24.5 Å². The number of pyridine rings is 1. The van der Waals surface area contributed by atoms with Crippen LogP contribution in [0.4, 0.5) is 0 Å². The molecule has 0 bridgehead atoms. The van der Waals surface area contributed by atoms with Gasteiger partial charge in [0, 0.05) is 37.0 Å². The van der Waals surface area contributed by atoms with Gasteiger partial charge in [-0.1, -0.05) is 0 Å². The van der Waals surface area contributed by atoms with E-state index in [2.05, 4.69) is 4.98 Å². The maximum atomic E-state index is 11.3. The molecule has 0 N–H and O–H groups in total. The lowest BCUT2D eigenvalue weighted by Crippen LogP contribution is -2.09. The third-order valence-electron chi connectivity index (χ3n) is 2.52. The molecule has 2 rings (SSSR count). The minimum Gasteiger partial charge on any atom is -0.493 e.